The molecule has 1 N–H and O–H groups in total. The second kappa shape index (κ2) is 3.72. The first-order valence-corrected chi connectivity index (χ1v) is 4.54. The molecule has 0 aliphatic rings. The third-order valence-electron chi connectivity index (χ3n) is 1.25. The summed E-state index contributed by atoms with van der Waals surface area (Å²) in [7, 11) is 2.95. The van der Waals surface area contributed by atoms with Crippen LogP contribution in [0.2, 0.25) is 0 Å². The van der Waals surface area contributed by atoms with Gasteiger partial charge in [0, 0.05) is 6.07 Å². The van der Waals surface area contributed by atoms with Gasteiger partial charge in [-0.1, -0.05) is 0 Å². The van der Waals surface area contributed by atoms with E-state index in [9.17, 15) is 9.50 Å². The van der Waals surface area contributed by atoms with Gasteiger partial charge in [0.25, 0.3) is 0 Å². The number of rotatable bonds is 2. The summed E-state index contributed by atoms with van der Waals surface area (Å²) >= 11 is 3.18. The van der Waals surface area contributed by atoms with Crippen LogP contribution < -0.4 is 4.74 Å². The van der Waals surface area contributed by atoms with Crippen LogP contribution in [0.15, 0.2) is 22.7 Å². The number of hydrogen-bond donors (Lipinski definition) is 1. The van der Waals surface area contributed by atoms with E-state index >= 15 is 0 Å². The van der Waals surface area contributed by atoms with E-state index in [0.717, 1.165) is 0 Å². The van der Waals surface area contributed by atoms with Crippen LogP contribution >= 0.6 is 15.9 Å². The first kappa shape index (κ1) is 10.6. The van der Waals surface area contributed by atoms with E-state index in [0.29, 0.717) is 4.47 Å². The monoisotopic (exact) mass is 244 g/mol. The lowest BCUT2D eigenvalue weighted by Crippen LogP contribution is -2.36. The Balaban J connectivity index is 2.94. The minimum atomic E-state index is -1.31. The van der Waals surface area contributed by atoms with Crippen LogP contribution in [0.4, 0.5) is 4.39 Å². The van der Waals surface area contributed by atoms with Crippen molar-refractivity contribution < 1.29 is 14.2 Å². The van der Waals surface area contributed by atoms with Crippen LogP contribution in [-0.4, -0.2) is 26.4 Å². The minimum absolute atomic E-state index is 0.285. The maximum absolute atomic E-state index is 12.7. The predicted octanol–water partition coefficient (Wildman–Crippen LogP) is -0.163. The van der Waals surface area contributed by atoms with Gasteiger partial charge in [0.1, 0.15) is 17.2 Å². The van der Waals surface area contributed by atoms with Crippen LogP contribution in [0.5, 0.6) is 5.75 Å². The molecule has 13 heavy (non-hydrogen) atoms. The third-order valence-corrected chi connectivity index (χ3v) is 1.91. The predicted molar refractivity (Wildman–Crippen MR) is 56.8 cm³/mol. The van der Waals surface area contributed by atoms with Crippen LogP contribution in [0.3, 0.4) is 0 Å². The molecule has 1 aromatic rings. The van der Waals surface area contributed by atoms with E-state index in [4.69, 9.17) is 4.74 Å². The molecule has 0 aliphatic heterocycles. The largest absolute Gasteiger partial charge is 0.479 e. The van der Waals surface area contributed by atoms with Gasteiger partial charge in [0.05, 0.1) is 4.47 Å². The van der Waals surface area contributed by atoms with Gasteiger partial charge in [0.2, 0.25) is 0 Å². The van der Waals surface area contributed by atoms with Crippen LogP contribution in [0.1, 0.15) is 0 Å². The molecular weight excluding hydrogens is 237 g/mol. The molecule has 0 saturated heterocycles. The molecule has 0 amide bonds. The molecule has 6 heteroatoms. The van der Waals surface area contributed by atoms with Crippen molar-refractivity contribution in [2.75, 3.05) is 0 Å². The average Bonchev–Trinajstić information content (AvgIpc) is 1.94. The first-order chi connectivity index (χ1) is 5.88. The summed E-state index contributed by atoms with van der Waals surface area (Å²) in [6.07, 6.45) is 0. The molecule has 0 aliphatic carbocycles. The Labute approximate surface area is 86.0 Å². The fourth-order valence-corrected chi connectivity index (χ4v) is 1.15. The fraction of sp³-hybridized carbons (Fsp3) is 0.143. The zero-order valence-corrected chi connectivity index (χ0v) is 8.93. The molecule has 0 fully saturated rings. The van der Waals surface area contributed by atoms with E-state index in [2.05, 4.69) is 15.9 Å². The van der Waals surface area contributed by atoms with Gasteiger partial charge in [0.15, 0.2) is 15.7 Å². The Morgan fingerprint density at radius 2 is 2.08 bits per heavy atom. The highest BCUT2D eigenvalue weighted by molar-refractivity contribution is 9.10. The van der Waals surface area contributed by atoms with Crippen LogP contribution in [0, 0.1) is 5.82 Å². The molecule has 1 aromatic carbocycles. The molecule has 0 heterocycles. The van der Waals surface area contributed by atoms with E-state index in [1.54, 1.807) is 0 Å². The highest BCUT2D eigenvalue weighted by atomic mass is 79.9. The molecule has 0 saturated carbocycles. The summed E-state index contributed by atoms with van der Waals surface area (Å²) in [6, 6.07) is 4.04. The van der Waals surface area contributed by atoms with Crippen molar-refractivity contribution in [3.05, 3.63) is 28.5 Å². The van der Waals surface area contributed by atoms with Crippen molar-refractivity contribution in [2.45, 2.75) is 5.59 Å². The summed E-state index contributed by atoms with van der Waals surface area (Å²) in [5.41, 5.74) is -1.31. The fourth-order valence-electron chi connectivity index (χ4n) is 0.825. The van der Waals surface area contributed by atoms with E-state index in [1.807, 2.05) is 0 Å². The molecule has 0 bridgehead atoms. The number of ether oxygens (including phenoxy) is 1. The lowest BCUT2D eigenvalue weighted by Gasteiger charge is -2.21. The minimum Gasteiger partial charge on any atom is -0.479 e. The molecule has 0 unspecified atom stereocenters. The highest BCUT2D eigenvalue weighted by Gasteiger charge is 2.16. The Bertz CT molecular complexity index is 314. The summed E-state index contributed by atoms with van der Waals surface area (Å²) in [6.45, 7) is 0. The van der Waals surface area contributed by atoms with E-state index < -0.39 is 11.4 Å². The van der Waals surface area contributed by atoms with Crippen molar-refractivity contribution >= 4 is 31.6 Å². The average molecular weight is 245 g/mol. The Kier molecular flexibility index (Phi) is 3.03. The standard InChI is InChI=1S/C7H8B2BrFO2/c8-7(9,12)13-6-3-4(11)1-2-5(6)10/h1-3,12H,8-9H2. The van der Waals surface area contributed by atoms with Crippen molar-refractivity contribution in [1.29, 1.82) is 0 Å². The smallest absolute Gasteiger partial charge is 0.181 e. The molecule has 0 spiro atoms. The second-order valence-electron chi connectivity index (χ2n) is 3.12. The topological polar surface area (TPSA) is 29.5 Å². The lowest BCUT2D eigenvalue weighted by molar-refractivity contribution is 0.0120. The van der Waals surface area contributed by atoms with E-state index in [-0.39, 0.29) is 5.75 Å². The number of hydrogen-bond acceptors (Lipinski definition) is 2. The van der Waals surface area contributed by atoms with Crippen LogP contribution in [0.25, 0.3) is 0 Å². The van der Waals surface area contributed by atoms with Gasteiger partial charge in [-0.05, 0) is 28.1 Å². The van der Waals surface area contributed by atoms with Crippen molar-refractivity contribution in [3.8, 4) is 5.75 Å². The normalized spacial score (nSPS) is 11.3. The first-order valence-electron chi connectivity index (χ1n) is 3.75. The summed E-state index contributed by atoms with van der Waals surface area (Å²) in [5, 5.41) is 9.32. The van der Waals surface area contributed by atoms with Gasteiger partial charge in [-0.25, -0.2) is 4.39 Å². The van der Waals surface area contributed by atoms with E-state index in [1.165, 1.54) is 33.9 Å². The molecule has 0 aromatic heterocycles. The zero-order valence-electron chi connectivity index (χ0n) is 7.34. The number of aliphatic hydroxyl groups is 1. The second-order valence-corrected chi connectivity index (χ2v) is 3.98. The quantitative estimate of drug-likeness (QED) is 0.579. The Morgan fingerprint density at radius 1 is 1.46 bits per heavy atom. The SMILES string of the molecule is BC(B)(O)Oc1cc(F)ccc1Br. The summed E-state index contributed by atoms with van der Waals surface area (Å²) in [5.74, 6) is -0.116. The maximum atomic E-state index is 12.7. The van der Waals surface area contributed by atoms with Gasteiger partial charge < -0.3 is 9.84 Å². The number of benzene rings is 1. The van der Waals surface area contributed by atoms with Crippen LogP contribution in [-0.2, 0) is 0 Å². The van der Waals surface area contributed by atoms with Crippen molar-refractivity contribution in [1.82, 2.24) is 0 Å². The summed E-state index contributed by atoms with van der Waals surface area (Å²) in [4.78, 5) is 0. The molecule has 0 radical (unpaired) electrons. The Morgan fingerprint density at radius 3 is 2.62 bits per heavy atom. The van der Waals surface area contributed by atoms with Gasteiger partial charge in [-0.15, -0.1) is 0 Å². The molecule has 68 valence electrons. The molecular formula is C7H8B2BrFO2. The number of halogens is 2. The molecule has 1 rings (SSSR count). The lowest BCUT2D eigenvalue weighted by atomic mass is 9.76. The van der Waals surface area contributed by atoms with Gasteiger partial charge in [-0.3, -0.25) is 0 Å². The maximum Gasteiger partial charge on any atom is 0.181 e. The van der Waals surface area contributed by atoms with Crippen molar-refractivity contribution in [3.63, 3.8) is 0 Å². The Hall–Kier alpha value is -0.480. The third kappa shape index (κ3) is 3.40. The molecule has 2 nitrogen and oxygen atoms in total. The zero-order chi connectivity index (χ0) is 10.1. The van der Waals surface area contributed by atoms with Gasteiger partial charge >= 0.3 is 0 Å². The van der Waals surface area contributed by atoms with Crippen molar-refractivity contribution in [2.24, 2.45) is 0 Å². The van der Waals surface area contributed by atoms with Gasteiger partial charge in [-0.2, -0.15) is 0 Å². The highest BCUT2D eigenvalue weighted by Crippen LogP contribution is 2.26. The molecule has 0 atom stereocenters. The summed E-state index contributed by atoms with van der Waals surface area (Å²) < 4.78 is 18.4.